The first-order valence-corrected chi connectivity index (χ1v) is 12.2. The molecule has 0 unspecified atom stereocenters. The van der Waals surface area contributed by atoms with Gasteiger partial charge in [-0.2, -0.15) is 18.4 Å². The summed E-state index contributed by atoms with van der Waals surface area (Å²) in [6.45, 7) is 5.89. The van der Waals surface area contributed by atoms with Crippen molar-refractivity contribution in [2.75, 3.05) is 6.54 Å². The second-order valence-electron chi connectivity index (χ2n) is 10.1. The molecule has 1 aliphatic carbocycles. The Bertz CT molecular complexity index is 1080. The van der Waals surface area contributed by atoms with Crippen LogP contribution in [0.2, 0.25) is 0 Å². The second kappa shape index (κ2) is 10.4. The number of benzene rings is 1. The lowest BCUT2D eigenvalue weighted by molar-refractivity contribution is -0.137. The molecule has 1 N–H and O–H groups in total. The van der Waals surface area contributed by atoms with Gasteiger partial charge in [-0.25, -0.2) is 0 Å². The number of fused-ring (bicyclic) bond motifs is 1. The maximum Gasteiger partial charge on any atom is 0.416 e. The molecule has 5 nitrogen and oxygen atoms in total. The lowest BCUT2D eigenvalue weighted by Gasteiger charge is -2.27. The van der Waals surface area contributed by atoms with Crippen molar-refractivity contribution in [3.8, 4) is 6.07 Å². The van der Waals surface area contributed by atoms with Crippen molar-refractivity contribution < 1.29 is 18.0 Å². The van der Waals surface area contributed by atoms with Crippen molar-refractivity contribution in [1.29, 1.82) is 5.26 Å². The Balaban J connectivity index is 1.41. The molecule has 1 aromatic carbocycles. The molecule has 0 bridgehead atoms. The number of amides is 1. The van der Waals surface area contributed by atoms with E-state index in [-0.39, 0.29) is 23.8 Å². The van der Waals surface area contributed by atoms with E-state index in [9.17, 15) is 18.0 Å². The molecular weight excluding hydrogens is 453 g/mol. The van der Waals surface area contributed by atoms with Gasteiger partial charge in [-0.05, 0) is 66.8 Å². The van der Waals surface area contributed by atoms with Crippen molar-refractivity contribution >= 4 is 5.91 Å². The molecule has 186 valence electrons. The first-order valence-electron chi connectivity index (χ1n) is 12.2. The minimum absolute atomic E-state index is 0.0275. The fourth-order valence-corrected chi connectivity index (χ4v) is 5.29. The van der Waals surface area contributed by atoms with E-state index < -0.39 is 11.7 Å². The number of hydrogen-bond donors (Lipinski definition) is 1. The SMILES string of the molecule is CC(C)[C@H]1c2ncc(C(=O)NCC3CCC(C#N)CC3)cc2CN1Cc1ccc(C(F)(F)F)cc1. The van der Waals surface area contributed by atoms with Crippen LogP contribution in [0.4, 0.5) is 13.2 Å². The Labute approximate surface area is 204 Å². The summed E-state index contributed by atoms with van der Waals surface area (Å²) in [5.74, 6) is 0.643. The van der Waals surface area contributed by atoms with Gasteiger partial charge in [0.2, 0.25) is 0 Å². The number of halogens is 3. The van der Waals surface area contributed by atoms with Crippen molar-refractivity contribution in [3.63, 3.8) is 0 Å². The maximum atomic E-state index is 12.9. The van der Waals surface area contributed by atoms with Crippen LogP contribution in [0.15, 0.2) is 36.5 Å². The van der Waals surface area contributed by atoms with Gasteiger partial charge in [-0.15, -0.1) is 0 Å². The summed E-state index contributed by atoms with van der Waals surface area (Å²) in [4.78, 5) is 19.7. The zero-order valence-corrected chi connectivity index (χ0v) is 20.1. The molecule has 1 saturated carbocycles. The third kappa shape index (κ3) is 5.84. The molecule has 2 aliphatic rings. The van der Waals surface area contributed by atoms with E-state index in [1.807, 2.05) is 6.07 Å². The van der Waals surface area contributed by atoms with E-state index >= 15 is 0 Å². The number of pyridine rings is 1. The lowest BCUT2D eigenvalue weighted by Crippen LogP contribution is -2.31. The van der Waals surface area contributed by atoms with Gasteiger partial charge in [-0.1, -0.05) is 26.0 Å². The predicted octanol–water partition coefficient (Wildman–Crippen LogP) is 5.87. The molecule has 1 atom stereocenters. The van der Waals surface area contributed by atoms with Crippen LogP contribution in [-0.2, 0) is 19.3 Å². The third-order valence-corrected chi connectivity index (χ3v) is 7.19. The van der Waals surface area contributed by atoms with Gasteiger partial charge in [0.25, 0.3) is 5.91 Å². The van der Waals surface area contributed by atoms with Crippen LogP contribution in [0, 0.1) is 29.1 Å². The molecule has 2 aromatic rings. The average Bonchev–Trinajstić information content (AvgIpc) is 3.19. The number of carbonyl (C=O) groups excluding carboxylic acids is 1. The molecule has 1 fully saturated rings. The summed E-state index contributed by atoms with van der Waals surface area (Å²) >= 11 is 0. The monoisotopic (exact) mass is 484 g/mol. The van der Waals surface area contributed by atoms with E-state index in [2.05, 4.69) is 35.1 Å². The number of nitrogens with one attached hydrogen (secondary N) is 1. The Kier molecular flexibility index (Phi) is 7.46. The first kappa shape index (κ1) is 25.2. The van der Waals surface area contributed by atoms with E-state index in [1.165, 1.54) is 12.1 Å². The second-order valence-corrected chi connectivity index (χ2v) is 10.1. The van der Waals surface area contributed by atoms with Gasteiger partial charge < -0.3 is 5.32 Å². The van der Waals surface area contributed by atoms with Crippen LogP contribution in [0.25, 0.3) is 0 Å². The van der Waals surface area contributed by atoms with Gasteiger partial charge in [0.05, 0.1) is 28.9 Å². The van der Waals surface area contributed by atoms with Gasteiger partial charge >= 0.3 is 6.18 Å². The summed E-state index contributed by atoms with van der Waals surface area (Å²) in [6.07, 6.45) is 0.967. The summed E-state index contributed by atoms with van der Waals surface area (Å²) < 4.78 is 38.7. The van der Waals surface area contributed by atoms with E-state index in [4.69, 9.17) is 5.26 Å². The summed E-state index contributed by atoms with van der Waals surface area (Å²) in [5, 5.41) is 12.1. The quantitative estimate of drug-likeness (QED) is 0.557. The van der Waals surface area contributed by atoms with Crippen molar-refractivity contribution in [2.45, 2.75) is 64.8 Å². The number of nitrogens with zero attached hydrogens (tertiary/aromatic N) is 3. The predicted molar refractivity (Wildman–Crippen MR) is 126 cm³/mol. The summed E-state index contributed by atoms with van der Waals surface area (Å²) in [7, 11) is 0. The Morgan fingerprint density at radius 3 is 2.49 bits per heavy atom. The number of aromatic nitrogens is 1. The molecule has 0 spiro atoms. The molecule has 8 heteroatoms. The van der Waals surface area contributed by atoms with Crippen LogP contribution >= 0.6 is 0 Å². The van der Waals surface area contributed by atoms with Crippen LogP contribution in [-0.4, -0.2) is 22.3 Å². The molecule has 1 amide bonds. The Morgan fingerprint density at radius 1 is 1.20 bits per heavy atom. The van der Waals surface area contributed by atoms with E-state index in [0.717, 1.165) is 54.6 Å². The van der Waals surface area contributed by atoms with Crippen molar-refractivity contribution in [1.82, 2.24) is 15.2 Å². The standard InChI is InChI=1S/C27H31F3N4O/c1-17(2)25-24-22(16-34(25)15-20-7-9-23(10-8-20)27(28,29)30)11-21(14-32-24)26(35)33-13-19-5-3-18(12-31)4-6-19/h7-11,14,17-19,25H,3-6,13,15-16H2,1-2H3,(H,33,35)/t18?,19?,25-/m0/s1. The minimum Gasteiger partial charge on any atom is -0.352 e. The van der Waals surface area contributed by atoms with Crippen LogP contribution < -0.4 is 5.32 Å². The van der Waals surface area contributed by atoms with Gasteiger partial charge in [0, 0.05) is 31.7 Å². The van der Waals surface area contributed by atoms with Gasteiger partial charge in [0.15, 0.2) is 0 Å². The summed E-state index contributed by atoms with van der Waals surface area (Å²) in [5.41, 5.74) is 2.59. The first-order chi connectivity index (χ1) is 16.7. The molecule has 1 aliphatic heterocycles. The molecule has 4 rings (SSSR count). The zero-order valence-electron chi connectivity index (χ0n) is 20.1. The fourth-order valence-electron chi connectivity index (χ4n) is 5.29. The molecule has 2 heterocycles. The van der Waals surface area contributed by atoms with E-state index in [0.29, 0.717) is 31.1 Å². The number of rotatable bonds is 6. The lowest BCUT2D eigenvalue weighted by atomic mass is 9.83. The normalized spacial score (nSPS) is 22.6. The highest BCUT2D eigenvalue weighted by Crippen LogP contribution is 2.39. The molecule has 35 heavy (non-hydrogen) atoms. The van der Waals surface area contributed by atoms with Crippen LogP contribution in [0.5, 0.6) is 0 Å². The highest BCUT2D eigenvalue weighted by atomic mass is 19.4. The fraction of sp³-hybridized carbons (Fsp3) is 0.519. The minimum atomic E-state index is -4.35. The van der Waals surface area contributed by atoms with Crippen molar-refractivity contribution in [3.05, 3.63) is 64.5 Å². The van der Waals surface area contributed by atoms with Gasteiger partial charge in [-0.3, -0.25) is 14.7 Å². The highest BCUT2D eigenvalue weighted by Gasteiger charge is 2.35. The number of nitriles is 1. The molecular formula is C27H31F3N4O. The number of carbonyl (C=O) groups is 1. The molecule has 0 saturated heterocycles. The summed E-state index contributed by atoms with van der Waals surface area (Å²) in [6, 6.07) is 9.55. The number of hydrogen-bond acceptors (Lipinski definition) is 4. The highest BCUT2D eigenvalue weighted by molar-refractivity contribution is 5.94. The molecule has 1 aromatic heterocycles. The zero-order chi connectivity index (χ0) is 25.2. The largest absolute Gasteiger partial charge is 0.416 e. The van der Waals surface area contributed by atoms with Crippen LogP contribution in [0.3, 0.4) is 0 Å². The van der Waals surface area contributed by atoms with Gasteiger partial charge in [0.1, 0.15) is 0 Å². The maximum absolute atomic E-state index is 12.9. The Hall–Kier alpha value is -2.92. The number of alkyl halides is 3. The Morgan fingerprint density at radius 2 is 1.89 bits per heavy atom. The van der Waals surface area contributed by atoms with E-state index in [1.54, 1.807) is 6.20 Å². The third-order valence-electron chi connectivity index (χ3n) is 7.19. The average molecular weight is 485 g/mol. The van der Waals surface area contributed by atoms with Crippen molar-refractivity contribution in [2.24, 2.45) is 17.8 Å². The smallest absolute Gasteiger partial charge is 0.352 e. The van der Waals surface area contributed by atoms with Crippen LogP contribution in [0.1, 0.15) is 78.3 Å². The topological polar surface area (TPSA) is 69.0 Å². The molecule has 0 radical (unpaired) electrons.